The zero-order valence-corrected chi connectivity index (χ0v) is 13.0. The van der Waals surface area contributed by atoms with Crippen molar-refractivity contribution in [3.63, 3.8) is 0 Å². The number of nitrogens with two attached hydrogens (primary N) is 1. The number of rotatable bonds is 5. The number of carbonyl (C=O) groups excluding carboxylic acids is 1. The van der Waals surface area contributed by atoms with E-state index in [9.17, 15) is 4.79 Å². The quantitative estimate of drug-likeness (QED) is 0.873. The predicted octanol–water partition coefficient (Wildman–Crippen LogP) is 2.49. The summed E-state index contributed by atoms with van der Waals surface area (Å²) in [4.78, 5) is 11.8. The van der Waals surface area contributed by atoms with Gasteiger partial charge < -0.3 is 11.1 Å². The largest absolute Gasteiger partial charge is 0.354 e. The first-order valence-electron chi connectivity index (χ1n) is 6.43. The van der Waals surface area contributed by atoms with Gasteiger partial charge in [0.2, 0.25) is 5.91 Å². The Morgan fingerprint density at radius 2 is 1.79 bits per heavy atom. The Morgan fingerprint density at radius 1 is 1.26 bits per heavy atom. The van der Waals surface area contributed by atoms with Crippen LogP contribution in [0.5, 0.6) is 0 Å². The van der Waals surface area contributed by atoms with E-state index in [1.807, 2.05) is 32.0 Å². The molecule has 0 bridgehead atoms. The van der Waals surface area contributed by atoms with Crippen LogP contribution in [0.3, 0.4) is 0 Å². The van der Waals surface area contributed by atoms with Gasteiger partial charge in [0, 0.05) is 12.0 Å². The smallest absolute Gasteiger partial charge is 0.237 e. The van der Waals surface area contributed by atoms with E-state index in [2.05, 4.69) is 31.3 Å². The maximum absolute atomic E-state index is 11.8. The van der Waals surface area contributed by atoms with E-state index < -0.39 is 6.04 Å². The van der Waals surface area contributed by atoms with Gasteiger partial charge in [-0.1, -0.05) is 58.0 Å². The number of hydrogen-bond donors (Lipinski definition) is 2. The molecule has 1 atom stereocenters. The minimum absolute atomic E-state index is 0. The van der Waals surface area contributed by atoms with Crippen LogP contribution in [-0.4, -0.2) is 18.5 Å². The molecule has 3 N–H and O–H groups in total. The van der Waals surface area contributed by atoms with Crippen molar-refractivity contribution in [3.8, 4) is 0 Å². The summed E-state index contributed by atoms with van der Waals surface area (Å²) >= 11 is 0. The summed E-state index contributed by atoms with van der Waals surface area (Å²) in [7, 11) is 0. The van der Waals surface area contributed by atoms with Crippen LogP contribution < -0.4 is 11.1 Å². The molecule has 0 aliphatic heterocycles. The first kappa shape index (κ1) is 17.9. The minimum atomic E-state index is -0.434. The number of hydrogen-bond acceptors (Lipinski definition) is 2. The second-order valence-corrected chi connectivity index (χ2v) is 5.74. The Kier molecular flexibility index (Phi) is 7.09. The normalized spacial score (nSPS) is 12.7. The highest BCUT2D eigenvalue weighted by atomic mass is 35.5. The van der Waals surface area contributed by atoms with Crippen molar-refractivity contribution in [1.82, 2.24) is 5.32 Å². The molecule has 0 aliphatic rings. The van der Waals surface area contributed by atoms with Gasteiger partial charge in [-0.25, -0.2) is 0 Å². The number of halogens is 1. The summed E-state index contributed by atoms with van der Waals surface area (Å²) in [6.45, 7) is 8.72. The molecule has 0 heterocycles. The number of amides is 1. The SMILES string of the molecule is CC(C)C(N)C(=O)NCC(C)(C)c1ccccc1.Cl. The summed E-state index contributed by atoms with van der Waals surface area (Å²) in [6, 6.07) is 9.74. The van der Waals surface area contributed by atoms with Gasteiger partial charge >= 0.3 is 0 Å². The second kappa shape index (κ2) is 7.51. The third-order valence-electron chi connectivity index (χ3n) is 3.28. The van der Waals surface area contributed by atoms with Crippen LogP contribution in [0.1, 0.15) is 33.3 Å². The molecule has 1 aromatic carbocycles. The van der Waals surface area contributed by atoms with Crippen LogP contribution in [0, 0.1) is 5.92 Å². The van der Waals surface area contributed by atoms with E-state index in [-0.39, 0.29) is 29.6 Å². The lowest BCUT2D eigenvalue weighted by Crippen LogP contribution is -2.47. The van der Waals surface area contributed by atoms with Gasteiger partial charge in [0.05, 0.1) is 6.04 Å². The van der Waals surface area contributed by atoms with Gasteiger partial charge in [-0.05, 0) is 11.5 Å². The van der Waals surface area contributed by atoms with Crippen molar-refractivity contribution in [3.05, 3.63) is 35.9 Å². The topological polar surface area (TPSA) is 55.1 Å². The Balaban J connectivity index is 0.00000324. The summed E-state index contributed by atoms with van der Waals surface area (Å²) in [5.41, 5.74) is 6.94. The zero-order chi connectivity index (χ0) is 13.8. The third kappa shape index (κ3) is 5.21. The van der Waals surface area contributed by atoms with Crippen molar-refractivity contribution >= 4 is 18.3 Å². The lowest BCUT2D eigenvalue weighted by Gasteiger charge is -2.27. The summed E-state index contributed by atoms with van der Waals surface area (Å²) in [6.07, 6.45) is 0. The molecular formula is C15H25ClN2O. The fourth-order valence-corrected chi connectivity index (χ4v) is 1.72. The molecule has 108 valence electrons. The molecular weight excluding hydrogens is 260 g/mol. The van der Waals surface area contributed by atoms with Crippen LogP contribution in [0.25, 0.3) is 0 Å². The zero-order valence-electron chi connectivity index (χ0n) is 12.1. The maximum atomic E-state index is 11.8. The highest BCUT2D eigenvalue weighted by Gasteiger charge is 2.23. The molecule has 0 saturated carbocycles. The van der Waals surface area contributed by atoms with Crippen molar-refractivity contribution < 1.29 is 4.79 Å². The lowest BCUT2D eigenvalue weighted by molar-refractivity contribution is -0.123. The van der Waals surface area contributed by atoms with Crippen LogP contribution in [0.2, 0.25) is 0 Å². The summed E-state index contributed by atoms with van der Waals surface area (Å²) < 4.78 is 0. The number of nitrogens with one attached hydrogen (secondary N) is 1. The molecule has 0 radical (unpaired) electrons. The number of carbonyl (C=O) groups is 1. The van der Waals surface area contributed by atoms with Gasteiger partial charge in [0.25, 0.3) is 0 Å². The Labute approximate surface area is 122 Å². The molecule has 0 fully saturated rings. The third-order valence-corrected chi connectivity index (χ3v) is 3.28. The predicted molar refractivity (Wildman–Crippen MR) is 82.5 cm³/mol. The standard InChI is InChI=1S/C15H24N2O.ClH/c1-11(2)13(16)14(18)17-10-15(3,4)12-8-6-5-7-9-12;/h5-9,11,13H,10,16H2,1-4H3,(H,17,18);1H. The van der Waals surface area contributed by atoms with E-state index in [0.29, 0.717) is 6.54 Å². The average Bonchev–Trinajstić information content (AvgIpc) is 2.36. The molecule has 0 saturated heterocycles. The maximum Gasteiger partial charge on any atom is 0.237 e. The van der Waals surface area contributed by atoms with Crippen molar-refractivity contribution in [1.29, 1.82) is 0 Å². The van der Waals surface area contributed by atoms with E-state index in [1.165, 1.54) is 5.56 Å². The van der Waals surface area contributed by atoms with E-state index >= 15 is 0 Å². The van der Waals surface area contributed by atoms with E-state index in [4.69, 9.17) is 5.73 Å². The minimum Gasteiger partial charge on any atom is -0.354 e. The summed E-state index contributed by atoms with van der Waals surface area (Å²) in [5, 5.41) is 2.94. The lowest BCUT2D eigenvalue weighted by atomic mass is 9.84. The Morgan fingerprint density at radius 3 is 2.26 bits per heavy atom. The Bertz CT molecular complexity index is 390. The highest BCUT2D eigenvalue weighted by Crippen LogP contribution is 2.21. The molecule has 0 aromatic heterocycles. The molecule has 4 heteroatoms. The van der Waals surface area contributed by atoms with Gasteiger partial charge in [-0.2, -0.15) is 0 Å². The molecule has 1 amide bonds. The molecule has 3 nitrogen and oxygen atoms in total. The monoisotopic (exact) mass is 284 g/mol. The van der Waals surface area contributed by atoms with Gasteiger partial charge in [0.15, 0.2) is 0 Å². The highest BCUT2D eigenvalue weighted by molar-refractivity contribution is 5.85. The van der Waals surface area contributed by atoms with Crippen molar-refractivity contribution in [2.24, 2.45) is 11.7 Å². The average molecular weight is 285 g/mol. The van der Waals surface area contributed by atoms with Gasteiger partial charge in [-0.15, -0.1) is 12.4 Å². The first-order chi connectivity index (χ1) is 8.34. The van der Waals surface area contributed by atoms with Crippen LogP contribution in [0.4, 0.5) is 0 Å². The molecule has 0 aliphatic carbocycles. The fraction of sp³-hybridized carbons (Fsp3) is 0.533. The number of benzene rings is 1. The molecule has 1 rings (SSSR count). The fourth-order valence-electron chi connectivity index (χ4n) is 1.72. The van der Waals surface area contributed by atoms with Gasteiger partial charge in [-0.3, -0.25) is 4.79 Å². The van der Waals surface area contributed by atoms with Crippen molar-refractivity contribution in [2.45, 2.75) is 39.2 Å². The molecule has 1 aromatic rings. The molecule has 19 heavy (non-hydrogen) atoms. The first-order valence-corrected chi connectivity index (χ1v) is 6.43. The van der Waals surface area contributed by atoms with Gasteiger partial charge in [0.1, 0.15) is 0 Å². The second-order valence-electron chi connectivity index (χ2n) is 5.74. The Hall–Kier alpha value is -1.06. The van der Waals surface area contributed by atoms with Crippen LogP contribution in [-0.2, 0) is 10.2 Å². The molecule has 1 unspecified atom stereocenters. The van der Waals surface area contributed by atoms with Crippen molar-refractivity contribution in [2.75, 3.05) is 6.54 Å². The van der Waals surface area contributed by atoms with Crippen LogP contribution in [0.15, 0.2) is 30.3 Å². The van der Waals surface area contributed by atoms with Crippen LogP contribution >= 0.6 is 12.4 Å². The van der Waals surface area contributed by atoms with E-state index in [0.717, 1.165) is 0 Å². The van der Waals surface area contributed by atoms with E-state index in [1.54, 1.807) is 0 Å². The summed E-state index contributed by atoms with van der Waals surface area (Å²) in [5.74, 6) is 0.0823. The molecule has 0 spiro atoms.